The van der Waals surface area contributed by atoms with Gasteiger partial charge in [-0.2, -0.15) is 5.10 Å². The number of rotatable bonds is 8. The number of amides is 2. The number of nitrogens with two attached hydrogens (primary N) is 1. The summed E-state index contributed by atoms with van der Waals surface area (Å²) in [4.78, 5) is 17.6. The third-order valence-corrected chi connectivity index (χ3v) is 7.78. The lowest BCUT2D eigenvalue weighted by Gasteiger charge is -2.28. The fourth-order valence-electron chi connectivity index (χ4n) is 5.54. The van der Waals surface area contributed by atoms with Crippen molar-refractivity contribution < 1.29 is 22.7 Å². The molecule has 2 aromatic heterocycles. The standard InChI is InChI=1S/C32H33F3N6O2/c1-17(2)16-43-28-6-4-5-18(3)29(28)41-30(21-12-24(34)27(13-23(21)33)38-32(36)42)22-15-40(10-9-26(22)39-41)31-25(35)11-20(14-37-31)19-7-8-19/h4-6,11-14,17,19H,7-10,15-16H2,1-3H3,(H3,36,38,42). The van der Waals surface area contributed by atoms with Crippen LogP contribution in [0, 0.1) is 30.3 Å². The van der Waals surface area contributed by atoms with Crippen molar-refractivity contribution >= 4 is 17.5 Å². The van der Waals surface area contributed by atoms with Crippen molar-refractivity contribution in [2.75, 3.05) is 23.4 Å². The molecule has 1 saturated carbocycles. The number of primary amides is 1. The number of nitrogens with one attached hydrogen (secondary N) is 1. The van der Waals surface area contributed by atoms with Crippen molar-refractivity contribution in [1.82, 2.24) is 14.8 Å². The molecule has 2 aliphatic rings. The number of ether oxygens (including phenoxy) is 1. The van der Waals surface area contributed by atoms with Crippen LogP contribution in [-0.4, -0.2) is 33.9 Å². The van der Waals surface area contributed by atoms with E-state index in [2.05, 4.69) is 10.3 Å². The lowest BCUT2D eigenvalue weighted by Crippen LogP contribution is -2.31. The van der Waals surface area contributed by atoms with Gasteiger partial charge >= 0.3 is 6.03 Å². The number of aryl methyl sites for hydroxylation is 1. The average Bonchev–Trinajstić information content (AvgIpc) is 3.74. The van der Waals surface area contributed by atoms with E-state index in [0.717, 1.165) is 36.1 Å². The van der Waals surface area contributed by atoms with Crippen LogP contribution in [0.4, 0.5) is 29.5 Å². The predicted octanol–water partition coefficient (Wildman–Crippen LogP) is 6.63. The second kappa shape index (κ2) is 11.3. The molecule has 11 heteroatoms. The van der Waals surface area contributed by atoms with E-state index in [1.54, 1.807) is 21.8 Å². The SMILES string of the molecule is Cc1cccc(OCC(C)C)c1-n1nc2c(c1-c1cc(F)c(NC(N)=O)cc1F)CN(c1ncc(C3CC3)cc1F)CC2. The normalized spacial score (nSPS) is 14.6. The number of carbonyl (C=O) groups excluding carboxylic acids is 1. The third-order valence-electron chi connectivity index (χ3n) is 7.78. The number of fused-ring (bicyclic) bond motifs is 1. The van der Waals surface area contributed by atoms with Gasteiger partial charge in [-0.05, 0) is 60.9 Å². The Morgan fingerprint density at radius 1 is 1.14 bits per heavy atom. The molecule has 0 radical (unpaired) electrons. The monoisotopic (exact) mass is 590 g/mol. The van der Waals surface area contributed by atoms with E-state index in [-0.39, 0.29) is 29.5 Å². The van der Waals surface area contributed by atoms with E-state index in [9.17, 15) is 4.79 Å². The van der Waals surface area contributed by atoms with Crippen molar-refractivity contribution in [1.29, 1.82) is 0 Å². The lowest BCUT2D eigenvalue weighted by molar-refractivity contribution is 0.259. The highest BCUT2D eigenvalue weighted by Gasteiger charge is 2.32. The Balaban J connectivity index is 1.51. The molecule has 4 aromatic rings. The molecule has 0 spiro atoms. The molecule has 3 N–H and O–H groups in total. The van der Waals surface area contributed by atoms with Crippen LogP contribution in [0.1, 0.15) is 55.0 Å². The summed E-state index contributed by atoms with van der Waals surface area (Å²) in [6, 6.07) is 8.02. The van der Waals surface area contributed by atoms with Gasteiger partial charge in [0.2, 0.25) is 0 Å². The maximum atomic E-state index is 15.9. The Labute approximate surface area is 247 Å². The van der Waals surface area contributed by atoms with Crippen LogP contribution in [0.15, 0.2) is 42.6 Å². The van der Waals surface area contributed by atoms with Crippen molar-refractivity contribution in [2.45, 2.75) is 52.5 Å². The molecular formula is C32H33F3N6O2. The summed E-state index contributed by atoms with van der Waals surface area (Å²) in [5, 5.41) is 7.02. The number of pyridine rings is 1. The fourth-order valence-corrected chi connectivity index (χ4v) is 5.54. The average molecular weight is 591 g/mol. The van der Waals surface area contributed by atoms with Crippen molar-refractivity contribution in [3.8, 4) is 22.7 Å². The Morgan fingerprint density at radius 2 is 1.93 bits per heavy atom. The maximum absolute atomic E-state index is 15.9. The van der Waals surface area contributed by atoms with E-state index in [4.69, 9.17) is 15.6 Å². The van der Waals surface area contributed by atoms with Crippen LogP contribution in [0.25, 0.3) is 16.9 Å². The molecule has 224 valence electrons. The van der Waals surface area contributed by atoms with Gasteiger partial charge in [0.1, 0.15) is 23.1 Å². The van der Waals surface area contributed by atoms with Crippen molar-refractivity contribution in [3.05, 3.63) is 82.4 Å². The van der Waals surface area contributed by atoms with E-state index in [1.807, 2.05) is 39.0 Å². The van der Waals surface area contributed by atoms with Crippen molar-refractivity contribution in [3.63, 3.8) is 0 Å². The molecule has 0 atom stereocenters. The lowest BCUT2D eigenvalue weighted by atomic mass is 9.99. The molecular weight excluding hydrogens is 557 g/mol. The summed E-state index contributed by atoms with van der Waals surface area (Å²) in [6.45, 7) is 7.02. The van der Waals surface area contributed by atoms with Crippen LogP contribution in [0.5, 0.6) is 5.75 Å². The van der Waals surface area contributed by atoms with E-state index in [1.165, 1.54) is 0 Å². The van der Waals surface area contributed by atoms with Gasteiger partial charge in [-0.25, -0.2) is 27.6 Å². The van der Waals surface area contributed by atoms with Gasteiger partial charge in [-0.3, -0.25) is 0 Å². The van der Waals surface area contributed by atoms with E-state index in [0.29, 0.717) is 53.9 Å². The van der Waals surface area contributed by atoms with Gasteiger partial charge in [0, 0.05) is 42.9 Å². The van der Waals surface area contributed by atoms with Crippen LogP contribution in [-0.2, 0) is 13.0 Å². The van der Waals surface area contributed by atoms with Crippen molar-refractivity contribution in [2.24, 2.45) is 11.7 Å². The number of aromatic nitrogens is 3. The highest BCUT2D eigenvalue weighted by molar-refractivity contribution is 5.88. The molecule has 2 aromatic carbocycles. The summed E-state index contributed by atoms with van der Waals surface area (Å²) in [7, 11) is 0. The second-order valence-electron chi connectivity index (χ2n) is 11.6. The highest BCUT2D eigenvalue weighted by atomic mass is 19.1. The first-order chi connectivity index (χ1) is 20.6. The highest BCUT2D eigenvalue weighted by Crippen LogP contribution is 2.42. The number of carbonyl (C=O) groups is 1. The minimum atomic E-state index is -1.02. The summed E-state index contributed by atoms with van der Waals surface area (Å²) in [5.41, 5.74) is 8.60. The zero-order valence-electron chi connectivity index (χ0n) is 24.3. The topological polar surface area (TPSA) is 98.3 Å². The molecule has 8 nitrogen and oxygen atoms in total. The van der Waals surface area contributed by atoms with Gasteiger partial charge in [0.05, 0.1) is 23.7 Å². The Kier molecular flexibility index (Phi) is 7.49. The first-order valence-corrected chi connectivity index (χ1v) is 14.4. The first-order valence-electron chi connectivity index (χ1n) is 14.4. The minimum Gasteiger partial charge on any atom is -0.491 e. The van der Waals surface area contributed by atoms with E-state index >= 15 is 13.2 Å². The number of urea groups is 1. The zero-order valence-corrected chi connectivity index (χ0v) is 24.3. The molecule has 43 heavy (non-hydrogen) atoms. The Bertz CT molecular complexity index is 1720. The summed E-state index contributed by atoms with van der Waals surface area (Å²) >= 11 is 0. The quantitative estimate of drug-likeness (QED) is 0.240. The summed E-state index contributed by atoms with van der Waals surface area (Å²) in [6.07, 6.45) is 4.23. The predicted molar refractivity (Wildman–Crippen MR) is 158 cm³/mol. The Hall–Kier alpha value is -4.54. The maximum Gasteiger partial charge on any atom is 0.316 e. The molecule has 1 fully saturated rings. The number of para-hydroxylation sites is 1. The van der Waals surface area contributed by atoms with Gasteiger partial charge in [-0.1, -0.05) is 26.0 Å². The molecule has 1 aliphatic heterocycles. The number of benzene rings is 2. The smallest absolute Gasteiger partial charge is 0.316 e. The molecule has 0 unspecified atom stereocenters. The molecule has 0 bridgehead atoms. The van der Waals surface area contributed by atoms with Gasteiger partial charge in [0.15, 0.2) is 11.6 Å². The second-order valence-corrected chi connectivity index (χ2v) is 11.6. The molecule has 3 heterocycles. The number of hydrogen-bond acceptors (Lipinski definition) is 5. The Morgan fingerprint density at radius 3 is 2.63 bits per heavy atom. The van der Waals surface area contributed by atoms with Crippen LogP contribution in [0.3, 0.4) is 0 Å². The number of halogens is 3. The van der Waals surface area contributed by atoms with Crippen LogP contribution < -0.4 is 20.7 Å². The summed E-state index contributed by atoms with van der Waals surface area (Å²) < 4.78 is 54.2. The van der Waals surface area contributed by atoms with Crippen LogP contribution in [0.2, 0.25) is 0 Å². The zero-order chi connectivity index (χ0) is 30.4. The number of nitrogens with zero attached hydrogens (tertiary/aromatic N) is 4. The van der Waals surface area contributed by atoms with Gasteiger partial charge in [-0.15, -0.1) is 0 Å². The van der Waals surface area contributed by atoms with Gasteiger partial charge < -0.3 is 20.7 Å². The molecule has 2 amide bonds. The number of anilines is 2. The number of hydrogen-bond donors (Lipinski definition) is 2. The minimum absolute atomic E-state index is 0.0707. The third kappa shape index (κ3) is 5.63. The molecule has 6 rings (SSSR count). The van der Waals surface area contributed by atoms with Gasteiger partial charge in [0.25, 0.3) is 0 Å². The van der Waals surface area contributed by atoms with E-state index < -0.39 is 23.5 Å². The summed E-state index contributed by atoms with van der Waals surface area (Å²) in [5.74, 6) is -0.709. The van der Waals surface area contributed by atoms with Crippen LogP contribution >= 0.6 is 0 Å². The first kappa shape index (κ1) is 28.6. The largest absolute Gasteiger partial charge is 0.491 e. The molecule has 0 saturated heterocycles. The molecule has 1 aliphatic carbocycles. The fraction of sp³-hybridized carbons (Fsp3) is 0.344.